The summed E-state index contributed by atoms with van der Waals surface area (Å²) >= 11 is 12.9. The number of anilines is 2. The lowest BCUT2D eigenvalue weighted by Crippen LogP contribution is -2.44. The van der Waals surface area contributed by atoms with Gasteiger partial charge in [-0.15, -0.1) is 0 Å². The van der Waals surface area contributed by atoms with Crippen LogP contribution in [-0.4, -0.2) is 59.3 Å². The third-order valence-corrected chi connectivity index (χ3v) is 7.30. The van der Waals surface area contributed by atoms with Crippen LogP contribution in [0.5, 0.6) is 0 Å². The second kappa shape index (κ2) is 12.6. The third-order valence-electron chi connectivity index (χ3n) is 6.68. The van der Waals surface area contributed by atoms with Crippen molar-refractivity contribution in [2.24, 2.45) is 0 Å². The van der Waals surface area contributed by atoms with Gasteiger partial charge in [-0.1, -0.05) is 43.1 Å². The van der Waals surface area contributed by atoms with E-state index in [9.17, 15) is 38.4 Å². The van der Waals surface area contributed by atoms with Gasteiger partial charge >= 0.3 is 12.1 Å². The molecule has 2 atom stereocenters. The number of rotatable bonds is 10. The maximum Gasteiger partial charge on any atom is 0.322 e. The second-order valence-electron chi connectivity index (χ2n) is 9.52. The van der Waals surface area contributed by atoms with Crippen molar-refractivity contribution in [3.63, 3.8) is 0 Å². The minimum absolute atomic E-state index is 0.112. The molecule has 2 aliphatic heterocycles. The summed E-state index contributed by atoms with van der Waals surface area (Å²) in [5, 5.41) is 13.0. The van der Waals surface area contributed by atoms with Crippen molar-refractivity contribution >= 4 is 81.8 Å². The van der Waals surface area contributed by atoms with E-state index in [1.807, 2.05) is 24.5 Å². The number of imide groups is 2. The van der Waals surface area contributed by atoms with E-state index in [0.717, 1.165) is 16.7 Å². The van der Waals surface area contributed by atoms with E-state index < -0.39 is 59.3 Å². The third kappa shape index (κ3) is 6.65. The monoisotopic (exact) mass is 630 g/mol. The molecule has 2 aromatic carbocycles. The highest BCUT2D eigenvalue weighted by Gasteiger charge is 2.40. The molecule has 2 saturated heterocycles. The maximum atomic E-state index is 12.6. The van der Waals surface area contributed by atoms with Crippen LogP contribution in [0.1, 0.15) is 36.1 Å². The Hall–Kier alpha value is -4.82. The summed E-state index contributed by atoms with van der Waals surface area (Å²) in [4.78, 5) is 95.9. The van der Waals surface area contributed by atoms with Crippen molar-refractivity contribution in [1.82, 2.24) is 21.3 Å². The van der Waals surface area contributed by atoms with Crippen LogP contribution in [0.15, 0.2) is 24.3 Å². The zero-order valence-electron chi connectivity index (χ0n) is 22.6. The van der Waals surface area contributed by atoms with E-state index in [4.69, 9.17) is 23.2 Å². The minimum Gasteiger partial charge on any atom is -0.319 e. The fourth-order valence-electron chi connectivity index (χ4n) is 4.54. The normalized spacial score (nSPS) is 17.5. The van der Waals surface area contributed by atoms with E-state index in [1.165, 1.54) is 0 Å². The molecule has 16 heteroatoms. The molecule has 2 fully saturated rings. The molecule has 224 valence electrons. The van der Waals surface area contributed by atoms with Crippen molar-refractivity contribution < 1.29 is 38.4 Å². The number of Topliss-reactive ketones (excluding diaryl/α,β-unsaturated/α-hetero) is 2. The number of ketones is 2. The van der Waals surface area contributed by atoms with Crippen LogP contribution < -0.4 is 31.9 Å². The van der Waals surface area contributed by atoms with Gasteiger partial charge in [0.1, 0.15) is 0 Å². The Bertz CT molecular complexity index is 1620. The van der Waals surface area contributed by atoms with Crippen molar-refractivity contribution in [2.75, 3.05) is 10.6 Å². The van der Waals surface area contributed by atoms with Crippen LogP contribution in [-0.2, 0) is 48.0 Å². The van der Waals surface area contributed by atoms with E-state index in [0.29, 0.717) is 24.8 Å². The highest BCUT2D eigenvalue weighted by Crippen LogP contribution is 2.32. The van der Waals surface area contributed by atoms with Gasteiger partial charge < -0.3 is 21.3 Å². The largest absolute Gasteiger partial charge is 0.322 e. The Morgan fingerprint density at radius 3 is 1.72 bits per heavy atom. The highest BCUT2D eigenvalue weighted by atomic mass is 35.5. The number of hydrogen-bond acceptors (Lipinski definition) is 8. The number of aryl methyl sites for hydroxylation is 2. The molecule has 0 aliphatic carbocycles. The zero-order chi connectivity index (χ0) is 31.6. The van der Waals surface area contributed by atoms with Gasteiger partial charge in [-0.05, 0) is 59.7 Å². The molecular weight excluding hydrogens is 607 g/mol. The summed E-state index contributed by atoms with van der Waals surface area (Å²) < 4.78 is 0. The Balaban J connectivity index is 1.51. The first-order chi connectivity index (χ1) is 20.3. The summed E-state index contributed by atoms with van der Waals surface area (Å²) in [5.41, 5.74) is 3.18. The average Bonchev–Trinajstić information content (AvgIpc) is 3.48. The predicted molar refractivity (Wildman–Crippen MR) is 153 cm³/mol. The lowest BCUT2D eigenvalue weighted by molar-refractivity contribution is -0.138. The maximum absolute atomic E-state index is 12.6. The molecule has 0 radical (unpaired) electrons. The van der Waals surface area contributed by atoms with Crippen LogP contribution in [0.2, 0.25) is 10.0 Å². The van der Waals surface area contributed by atoms with Gasteiger partial charge in [0, 0.05) is 0 Å². The number of hydrogen-bond donors (Lipinski definition) is 6. The summed E-state index contributed by atoms with van der Waals surface area (Å²) in [7, 11) is 0. The molecule has 43 heavy (non-hydrogen) atoms. The fourth-order valence-corrected chi connectivity index (χ4v) is 5.08. The Morgan fingerprint density at radius 2 is 1.23 bits per heavy atom. The molecule has 2 heterocycles. The van der Waals surface area contributed by atoms with Crippen molar-refractivity contribution in [1.29, 1.82) is 0 Å². The van der Waals surface area contributed by atoms with Crippen molar-refractivity contribution in [3.05, 3.63) is 56.6 Å². The standard InChI is InChI=1S/C27H24Cl2N6O8/c1-3-11-9-16(30-24(40)20(36)18-22(38)34-26(42)32-18)14(28)8-13(11)6-10-5-12(4-2)17(15(29)7-10)31-25(41)21(37)19-23(39)35-27(43)33-19/h5,7-9,18-19H,3-4,6H2,1-2H3,(H,30,40)(H,31,41)(H2,32,34,38,42)(H2,33,35,39,43). The van der Waals surface area contributed by atoms with Gasteiger partial charge in [0.2, 0.25) is 0 Å². The first kappa shape index (κ1) is 31.1. The Labute approximate surface area is 253 Å². The zero-order valence-corrected chi connectivity index (χ0v) is 24.1. The van der Waals surface area contributed by atoms with Gasteiger partial charge in [0.25, 0.3) is 35.2 Å². The fraction of sp³-hybridized carbons (Fsp3) is 0.259. The molecule has 2 aliphatic rings. The van der Waals surface area contributed by atoms with Gasteiger partial charge in [-0.2, -0.15) is 0 Å². The highest BCUT2D eigenvalue weighted by molar-refractivity contribution is 6.48. The Kier molecular flexibility index (Phi) is 9.11. The number of halogens is 2. The quantitative estimate of drug-likeness (QED) is 0.127. The molecule has 0 spiro atoms. The topological polar surface area (TPSA) is 209 Å². The summed E-state index contributed by atoms with van der Waals surface area (Å²) in [6.45, 7) is 3.68. The molecule has 0 aromatic heterocycles. The van der Waals surface area contributed by atoms with E-state index in [1.54, 1.807) is 24.3 Å². The van der Waals surface area contributed by atoms with Gasteiger partial charge in [-0.3, -0.25) is 39.4 Å². The van der Waals surface area contributed by atoms with Crippen molar-refractivity contribution in [2.45, 2.75) is 45.2 Å². The molecule has 0 bridgehead atoms. The second-order valence-corrected chi connectivity index (χ2v) is 10.3. The van der Waals surface area contributed by atoms with E-state index in [2.05, 4.69) is 21.3 Å². The van der Waals surface area contributed by atoms with Crippen LogP contribution in [0.4, 0.5) is 21.0 Å². The molecule has 14 nitrogen and oxygen atoms in total. The smallest absolute Gasteiger partial charge is 0.319 e. The average molecular weight is 631 g/mol. The summed E-state index contributed by atoms with van der Waals surface area (Å²) in [6.07, 6.45) is 1.26. The van der Waals surface area contributed by atoms with Crippen LogP contribution in [0.25, 0.3) is 0 Å². The van der Waals surface area contributed by atoms with Gasteiger partial charge in [0.05, 0.1) is 21.4 Å². The number of amides is 8. The Morgan fingerprint density at radius 1 is 0.698 bits per heavy atom. The van der Waals surface area contributed by atoms with Gasteiger partial charge in [-0.25, -0.2) is 9.59 Å². The molecular formula is C27H24Cl2N6O8. The molecule has 6 N–H and O–H groups in total. The molecule has 8 amide bonds. The lowest BCUT2D eigenvalue weighted by atomic mass is 9.95. The molecule has 2 aromatic rings. The molecule has 4 rings (SSSR count). The first-order valence-electron chi connectivity index (χ1n) is 12.9. The number of carbonyl (C=O) groups excluding carboxylic acids is 8. The van der Waals surface area contributed by atoms with Gasteiger partial charge in [0.15, 0.2) is 12.1 Å². The molecule has 2 unspecified atom stereocenters. The summed E-state index contributed by atoms with van der Waals surface area (Å²) in [5.74, 6) is -6.44. The predicted octanol–water partition coefficient (Wildman–Crippen LogP) is 1.14. The SMILES string of the molecule is CCc1cc(NC(=O)C(=O)C2NC(=O)NC2=O)c(Cl)cc1Cc1cc(Cl)c(NC(=O)C(=O)C2NC(=O)NC2=O)c(CC)c1. The lowest BCUT2D eigenvalue weighted by Gasteiger charge is -2.17. The molecule has 0 saturated carbocycles. The van der Waals surface area contributed by atoms with E-state index in [-0.39, 0.29) is 21.4 Å². The number of nitrogens with one attached hydrogen (secondary N) is 6. The van der Waals surface area contributed by atoms with Crippen molar-refractivity contribution in [3.8, 4) is 0 Å². The van der Waals surface area contributed by atoms with Crippen LogP contribution in [0.3, 0.4) is 0 Å². The number of benzene rings is 2. The number of urea groups is 2. The minimum atomic E-state index is -1.64. The van der Waals surface area contributed by atoms with Crippen LogP contribution >= 0.6 is 23.2 Å². The van der Waals surface area contributed by atoms with E-state index >= 15 is 0 Å². The van der Waals surface area contributed by atoms with Crippen LogP contribution in [0, 0.1) is 0 Å². The first-order valence-corrected chi connectivity index (χ1v) is 13.6. The number of carbonyl (C=O) groups is 8. The summed E-state index contributed by atoms with van der Waals surface area (Å²) in [6, 6.07) is 1.54.